The van der Waals surface area contributed by atoms with Crippen molar-refractivity contribution in [3.8, 4) is 5.75 Å². The topological polar surface area (TPSA) is 53.1 Å². The van der Waals surface area contributed by atoms with Crippen LogP contribution in [0.1, 0.15) is 61.1 Å². The Kier molecular flexibility index (Phi) is 7.44. The zero-order valence-corrected chi connectivity index (χ0v) is 21.8. The third-order valence-corrected chi connectivity index (χ3v) is 9.05. The van der Waals surface area contributed by atoms with E-state index in [-0.39, 0.29) is 23.9 Å². The van der Waals surface area contributed by atoms with Gasteiger partial charge in [0.05, 0.1) is 19.7 Å². The van der Waals surface area contributed by atoms with Crippen molar-refractivity contribution in [3.63, 3.8) is 0 Å². The monoisotopic (exact) mass is 495 g/mol. The maximum atomic E-state index is 13.5. The van der Waals surface area contributed by atoms with Crippen LogP contribution in [0, 0.1) is 5.92 Å². The van der Waals surface area contributed by atoms with Gasteiger partial charge in [0, 0.05) is 43.0 Å². The molecule has 3 heterocycles. The summed E-state index contributed by atoms with van der Waals surface area (Å²) < 4.78 is 5.36. The molecule has 7 heteroatoms. The Morgan fingerprint density at radius 1 is 1.03 bits per heavy atom. The van der Waals surface area contributed by atoms with E-state index in [1.807, 2.05) is 33.3 Å². The summed E-state index contributed by atoms with van der Waals surface area (Å²) >= 11 is 1.81. The molecular weight excluding hydrogens is 458 g/mol. The number of carbonyl (C=O) groups is 2. The molecule has 1 aliphatic carbocycles. The van der Waals surface area contributed by atoms with Gasteiger partial charge in [0.25, 0.3) is 0 Å². The van der Waals surface area contributed by atoms with E-state index in [0.29, 0.717) is 32.1 Å². The van der Waals surface area contributed by atoms with E-state index in [1.165, 1.54) is 35.3 Å². The Balaban J connectivity index is 1.26. The van der Waals surface area contributed by atoms with Gasteiger partial charge in [-0.3, -0.25) is 14.5 Å². The molecule has 0 bridgehead atoms. The van der Waals surface area contributed by atoms with E-state index in [0.717, 1.165) is 31.6 Å². The van der Waals surface area contributed by atoms with Gasteiger partial charge in [0.15, 0.2) is 0 Å². The van der Waals surface area contributed by atoms with Crippen LogP contribution in [-0.4, -0.2) is 72.4 Å². The molecule has 2 fully saturated rings. The molecule has 188 valence electrons. The van der Waals surface area contributed by atoms with Crippen molar-refractivity contribution >= 4 is 23.2 Å². The summed E-state index contributed by atoms with van der Waals surface area (Å²) in [4.78, 5) is 34.3. The molecule has 0 N–H and O–H groups in total. The highest BCUT2D eigenvalue weighted by Gasteiger charge is 2.36. The first-order chi connectivity index (χ1) is 17.0. The number of thiophene rings is 1. The molecule has 35 heavy (non-hydrogen) atoms. The molecule has 2 unspecified atom stereocenters. The quantitative estimate of drug-likeness (QED) is 0.619. The lowest BCUT2D eigenvalue weighted by Crippen LogP contribution is -2.58. The number of fused-ring (bicyclic) bond motifs is 1. The van der Waals surface area contributed by atoms with Crippen LogP contribution in [-0.2, 0) is 16.0 Å². The Labute approximate surface area is 212 Å². The second-order valence-electron chi connectivity index (χ2n) is 10.3. The van der Waals surface area contributed by atoms with Gasteiger partial charge in [-0.1, -0.05) is 31.4 Å². The predicted molar refractivity (Wildman–Crippen MR) is 139 cm³/mol. The fourth-order valence-electron chi connectivity index (χ4n) is 6.08. The standard InChI is InChI=1S/C28H37N3O3S/c1-20-18-29(15-16-31(20)28(33)22-6-4-3-5-7-22)26(32)19-30-14-12-25-24(13-17-35-25)27(30)21-8-10-23(34-2)11-9-21/h8-11,13,17,20,22,27H,3-7,12,14-16,18-19H2,1-2H3. The third-order valence-electron chi connectivity index (χ3n) is 8.05. The van der Waals surface area contributed by atoms with Crippen LogP contribution >= 0.6 is 11.3 Å². The zero-order valence-electron chi connectivity index (χ0n) is 20.9. The van der Waals surface area contributed by atoms with Gasteiger partial charge in [-0.15, -0.1) is 11.3 Å². The third kappa shape index (κ3) is 5.12. The van der Waals surface area contributed by atoms with Crippen molar-refractivity contribution in [3.05, 3.63) is 51.7 Å². The number of ether oxygens (including phenoxy) is 1. The Hall–Kier alpha value is -2.38. The highest BCUT2D eigenvalue weighted by Crippen LogP contribution is 2.38. The number of nitrogens with zero attached hydrogens (tertiary/aromatic N) is 3. The van der Waals surface area contributed by atoms with Gasteiger partial charge in [-0.25, -0.2) is 0 Å². The van der Waals surface area contributed by atoms with Gasteiger partial charge in [0.2, 0.25) is 11.8 Å². The van der Waals surface area contributed by atoms with Crippen molar-refractivity contribution in [1.29, 1.82) is 0 Å². The van der Waals surface area contributed by atoms with Crippen LogP contribution in [0.3, 0.4) is 0 Å². The molecule has 2 atom stereocenters. The Bertz CT molecular complexity index is 1030. The summed E-state index contributed by atoms with van der Waals surface area (Å²) in [6, 6.07) is 10.6. The lowest BCUT2D eigenvalue weighted by Gasteiger charge is -2.43. The highest BCUT2D eigenvalue weighted by molar-refractivity contribution is 7.10. The minimum atomic E-state index is 0.0735. The van der Waals surface area contributed by atoms with E-state index in [9.17, 15) is 9.59 Å². The van der Waals surface area contributed by atoms with E-state index in [1.54, 1.807) is 7.11 Å². The summed E-state index contributed by atoms with van der Waals surface area (Å²) in [6.45, 7) is 5.27. The SMILES string of the molecule is COc1ccc(C2c3ccsc3CCN2CC(=O)N2CCN(C(=O)C3CCCCC3)C(C)C2)cc1. The molecule has 1 aromatic carbocycles. The Morgan fingerprint density at radius 3 is 2.51 bits per heavy atom. The molecule has 0 radical (unpaired) electrons. The average Bonchev–Trinajstić information content (AvgIpc) is 3.37. The molecular formula is C28H37N3O3S. The molecule has 1 saturated carbocycles. The van der Waals surface area contributed by atoms with Crippen molar-refractivity contribution in [1.82, 2.24) is 14.7 Å². The lowest BCUT2D eigenvalue weighted by atomic mass is 9.88. The van der Waals surface area contributed by atoms with Gasteiger partial charge in [-0.05, 0) is 60.9 Å². The average molecular weight is 496 g/mol. The highest BCUT2D eigenvalue weighted by atomic mass is 32.1. The van der Waals surface area contributed by atoms with Crippen LogP contribution in [0.4, 0.5) is 0 Å². The minimum Gasteiger partial charge on any atom is -0.497 e. The van der Waals surface area contributed by atoms with E-state index in [4.69, 9.17) is 4.74 Å². The van der Waals surface area contributed by atoms with Crippen LogP contribution in [0.5, 0.6) is 5.75 Å². The van der Waals surface area contributed by atoms with E-state index >= 15 is 0 Å². The summed E-state index contributed by atoms with van der Waals surface area (Å²) in [6.07, 6.45) is 6.62. The van der Waals surface area contributed by atoms with Gasteiger partial charge < -0.3 is 14.5 Å². The first-order valence-electron chi connectivity index (χ1n) is 13.1. The summed E-state index contributed by atoms with van der Waals surface area (Å²) in [5, 5.41) is 2.16. The molecule has 2 aliphatic heterocycles. The fraction of sp³-hybridized carbons (Fsp3) is 0.571. The first kappa shape index (κ1) is 24.3. The van der Waals surface area contributed by atoms with Gasteiger partial charge in [-0.2, -0.15) is 0 Å². The van der Waals surface area contributed by atoms with E-state index < -0.39 is 0 Å². The van der Waals surface area contributed by atoms with Crippen LogP contribution in [0.25, 0.3) is 0 Å². The number of rotatable bonds is 5. The second kappa shape index (κ2) is 10.7. The maximum absolute atomic E-state index is 13.5. The number of amides is 2. The molecule has 1 aromatic heterocycles. The first-order valence-corrected chi connectivity index (χ1v) is 14.0. The van der Waals surface area contributed by atoms with Gasteiger partial charge in [0.1, 0.15) is 5.75 Å². The van der Waals surface area contributed by atoms with Crippen molar-refractivity contribution < 1.29 is 14.3 Å². The normalized spacial score (nSPS) is 23.7. The largest absolute Gasteiger partial charge is 0.497 e. The summed E-state index contributed by atoms with van der Waals surface area (Å²) in [5.74, 6) is 1.50. The summed E-state index contributed by atoms with van der Waals surface area (Å²) in [7, 11) is 1.68. The van der Waals surface area contributed by atoms with Crippen molar-refractivity contribution in [2.45, 2.75) is 57.5 Å². The van der Waals surface area contributed by atoms with Crippen LogP contribution in [0.15, 0.2) is 35.7 Å². The van der Waals surface area contributed by atoms with E-state index in [2.05, 4.69) is 35.4 Å². The molecule has 0 spiro atoms. The molecule has 5 rings (SSSR count). The van der Waals surface area contributed by atoms with Crippen LogP contribution < -0.4 is 4.74 Å². The summed E-state index contributed by atoms with van der Waals surface area (Å²) in [5.41, 5.74) is 2.50. The number of methoxy groups -OCH3 is 1. The molecule has 2 aromatic rings. The number of piperazine rings is 1. The fourth-order valence-corrected chi connectivity index (χ4v) is 6.99. The molecule has 6 nitrogen and oxygen atoms in total. The number of hydrogen-bond donors (Lipinski definition) is 0. The maximum Gasteiger partial charge on any atom is 0.236 e. The van der Waals surface area contributed by atoms with Gasteiger partial charge >= 0.3 is 0 Å². The molecule has 1 saturated heterocycles. The Morgan fingerprint density at radius 2 is 1.80 bits per heavy atom. The number of benzene rings is 1. The number of hydrogen-bond acceptors (Lipinski definition) is 5. The minimum absolute atomic E-state index is 0.0735. The van der Waals surface area contributed by atoms with Crippen molar-refractivity contribution in [2.24, 2.45) is 5.92 Å². The second-order valence-corrected chi connectivity index (χ2v) is 11.3. The lowest BCUT2D eigenvalue weighted by molar-refractivity contribution is -0.146. The molecule has 3 aliphatic rings. The van der Waals surface area contributed by atoms with Crippen LogP contribution in [0.2, 0.25) is 0 Å². The van der Waals surface area contributed by atoms with Crippen molar-refractivity contribution in [2.75, 3.05) is 39.8 Å². The molecule has 2 amide bonds. The smallest absolute Gasteiger partial charge is 0.236 e. The zero-order chi connectivity index (χ0) is 24.4. The predicted octanol–water partition coefficient (Wildman–Crippen LogP) is 4.34. The number of carbonyl (C=O) groups excluding carboxylic acids is 2.